The molecule has 0 aromatic carbocycles. The molecule has 0 aromatic rings. The van der Waals surface area contributed by atoms with E-state index in [0.29, 0.717) is 6.42 Å². The van der Waals surface area contributed by atoms with Gasteiger partial charge in [0.2, 0.25) is 5.91 Å². The van der Waals surface area contributed by atoms with Gasteiger partial charge in [0.05, 0.1) is 21.0 Å². The number of hydrogen-bond donors (Lipinski definition) is 2. The molecule has 41 heavy (non-hydrogen) atoms. The Kier molecular flexibility index (Phi) is 40.7. The zero-order chi connectivity index (χ0) is 29.6. The fourth-order valence-corrected chi connectivity index (χ4v) is 3.16. The van der Waals surface area contributed by atoms with E-state index in [1.165, 1.54) is 45.4 Å². The van der Waals surface area contributed by atoms with E-state index in [1.54, 1.807) is 6.92 Å². The van der Waals surface area contributed by atoms with Crippen molar-refractivity contribution in [3.05, 3.63) is 0 Å². The van der Waals surface area contributed by atoms with Gasteiger partial charge in [-0.15, -0.1) is 0 Å². The minimum atomic E-state index is -5.15. The molecule has 0 spiro atoms. The summed E-state index contributed by atoms with van der Waals surface area (Å²) in [6.07, 6.45) is 10.6. The standard InChI is InChI=1S/C17H35O8P.C11H7NO.2Na.7H2/c1-2-3-4-5-6-7-8-9-10-11-12-17(19)25-16(13-23-15-18)14-24-26(20,21)22;1-3-4-5-6-7-8-9-10-12-11(2)13;;;;;;;;;/h16,18H,2-15H2,1H3,(H2,20,21,22);1-2H3,(H,12,13);;;7*1H/q;;2*+1;;;;;;;/p-2/t16-;;;;;;;;;;/m0........../s1. The molecule has 0 radical (unpaired) electrons. The van der Waals surface area contributed by atoms with Crippen LogP contribution in [0, 0.1) is 47.5 Å². The number of hydrogen-bond acceptors (Lipinski definition) is 9. The van der Waals surface area contributed by atoms with E-state index in [9.17, 15) is 23.9 Å². The summed E-state index contributed by atoms with van der Waals surface area (Å²) in [5, 5.41) is 10.9. The molecule has 0 rings (SSSR count). The molecule has 1 atom stereocenters. The number of esters is 1. The third-order valence-electron chi connectivity index (χ3n) is 4.58. The number of ether oxygens (including phenoxy) is 2. The Morgan fingerprint density at radius 1 is 0.878 bits per heavy atom. The molecule has 0 aliphatic rings. The number of carbonyl (C=O) groups is 2. The maximum Gasteiger partial charge on any atom is 1.00 e. The Labute approximate surface area is 300 Å². The number of phosphoric acid groups is 1. The number of aliphatic hydroxyl groups excluding tert-OH is 1. The van der Waals surface area contributed by atoms with Crippen molar-refractivity contribution in [2.24, 2.45) is 0 Å². The van der Waals surface area contributed by atoms with E-state index in [4.69, 9.17) is 9.84 Å². The first-order valence-electron chi connectivity index (χ1n) is 12.9. The van der Waals surface area contributed by atoms with E-state index in [1.807, 2.05) is 0 Å². The molecule has 10 nitrogen and oxygen atoms in total. The number of nitrogens with one attached hydrogen (secondary N) is 1. The molecule has 0 bridgehead atoms. The van der Waals surface area contributed by atoms with Crippen LogP contribution in [0.2, 0.25) is 0 Å². The van der Waals surface area contributed by atoms with Gasteiger partial charge in [-0.2, -0.15) is 0 Å². The maximum atomic E-state index is 11.8. The van der Waals surface area contributed by atoms with E-state index in [-0.39, 0.29) is 88.0 Å². The minimum absolute atomic E-state index is 0. The Bertz CT molecular complexity index is 1000. The molecular weight excluding hydrogens is 571 g/mol. The molecule has 1 amide bonds. The maximum absolute atomic E-state index is 11.8. The van der Waals surface area contributed by atoms with Gasteiger partial charge in [-0.1, -0.05) is 70.6 Å². The van der Waals surface area contributed by atoms with E-state index >= 15 is 0 Å². The normalized spacial score (nSPS) is 9.80. The van der Waals surface area contributed by atoms with Crippen LogP contribution in [-0.2, 0) is 28.2 Å². The van der Waals surface area contributed by atoms with Gasteiger partial charge in [-0.3, -0.25) is 14.9 Å². The second kappa shape index (κ2) is 35.4. The Hall–Kier alpha value is -0.790. The van der Waals surface area contributed by atoms with Crippen molar-refractivity contribution in [2.45, 2.75) is 97.5 Å². The summed E-state index contributed by atoms with van der Waals surface area (Å²) in [5.41, 5.74) is 0. The van der Waals surface area contributed by atoms with Crippen LogP contribution in [0.4, 0.5) is 0 Å². The molecule has 0 saturated carbocycles. The number of aliphatic hydroxyl groups is 1. The van der Waals surface area contributed by atoms with E-state index in [2.05, 4.69) is 69.0 Å². The molecule has 2 N–H and O–H groups in total. The van der Waals surface area contributed by atoms with Gasteiger partial charge in [-0.05, 0) is 31.1 Å². The number of unbranched alkanes of at least 4 members (excludes halogenated alkanes) is 9. The van der Waals surface area contributed by atoms with Gasteiger partial charge in [0, 0.05) is 47.1 Å². The summed E-state index contributed by atoms with van der Waals surface area (Å²) in [6.45, 7) is 3.79. The van der Waals surface area contributed by atoms with Crippen LogP contribution in [0.1, 0.15) is 101 Å². The van der Waals surface area contributed by atoms with Gasteiger partial charge in [0.15, 0.2) is 0 Å². The Morgan fingerprint density at radius 2 is 1.39 bits per heavy atom. The number of amides is 1. The molecule has 0 aromatic heterocycles. The monoisotopic (exact) mass is 625 g/mol. The molecule has 0 fully saturated rings. The van der Waals surface area contributed by atoms with Crippen molar-refractivity contribution < 1.29 is 112 Å². The van der Waals surface area contributed by atoms with Crippen LogP contribution in [-0.4, -0.2) is 43.1 Å². The Balaban J connectivity index is -0.0000000608. The average Bonchev–Trinajstić information content (AvgIpc) is 2.88. The fraction of sp³-hybridized carbons (Fsp3) is 0.643. The summed E-state index contributed by atoms with van der Waals surface area (Å²) >= 11 is 0. The van der Waals surface area contributed by atoms with Gasteiger partial charge in [0.25, 0.3) is 0 Å². The molecule has 0 aliphatic heterocycles. The van der Waals surface area contributed by atoms with Crippen LogP contribution in [0.5, 0.6) is 0 Å². The average molecular weight is 626 g/mol. The molecule has 0 heterocycles. The first-order valence-corrected chi connectivity index (χ1v) is 14.3. The van der Waals surface area contributed by atoms with Crippen molar-refractivity contribution in [2.75, 3.05) is 20.0 Å². The molecule has 232 valence electrons. The van der Waals surface area contributed by atoms with Gasteiger partial charge >= 0.3 is 65.1 Å². The zero-order valence-electron chi connectivity index (χ0n) is 25.1. The summed E-state index contributed by atoms with van der Waals surface area (Å²) in [6, 6.07) is 2.35. The first-order chi connectivity index (χ1) is 18.7. The van der Waals surface area contributed by atoms with Gasteiger partial charge < -0.3 is 33.5 Å². The smallest absolute Gasteiger partial charge is 0.790 e. The van der Waals surface area contributed by atoms with Gasteiger partial charge in [-0.25, -0.2) is 0 Å². The molecular formula is C28H54NNa2O9P. The third-order valence-corrected chi connectivity index (χ3v) is 5.05. The van der Waals surface area contributed by atoms with Crippen LogP contribution < -0.4 is 74.2 Å². The largest absolute Gasteiger partial charge is 1.00 e. The quantitative estimate of drug-likeness (QED) is 0.0330. The van der Waals surface area contributed by atoms with Crippen LogP contribution in [0.3, 0.4) is 0 Å². The summed E-state index contributed by atoms with van der Waals surface area (Å²) < 4.78 is 24.3. The second-order valence-corrected chi connectivity index (χ2v) is 9.25. The van der Waals surface area contributed by atoms with Crippen molar-refractivity contribution in [3.8, 4) is 47.5 Å². The number of carbonyl (C=O) groups excluding carboxylic acids is 2. The van der Waals surface area contributed by atoms with Crippen LogP contribution in [0.15, 0.2) is 0 Å². The zero-order valence-corrected chi connectivity index (χ0v) is 30.0. The molecule has 0 saturated heterocycles. The van der Waals surface area contributed by atoms with Crippen molar-refractivity contribution >= 4 is 19.7 Å². The van der Waals surface area contributed by atoms with Crippen molar-refractivity contribution in [1.29, 1.82) is 0 Å². The second-order valence-electron chi connectivity index (χ2n) is 8.09. The van der Waals surface area contributed by atoms with E-state index in [0.717, 1.165) is 19.3 Å². The summed E-state index contributed by atoms with van der Waals surface area (Å²) in [4.78, 5) is 43.0. The fourth-order valence-electron chi connectivity index (χ4n) is 2.81. The van der Waals surface area contributed by atoms with Crippen LogP contribution in [0.25, 0.3) is 0 Å². The predicted octanol–water partition coefficient (Wildman–Crippen LogP) is -2.14. The summed E-state index contributed by atoms with van der Waals surface area (Å²) in [5.74, 6) is 16.7. The first kappa shape index (κ1) is 47.1. The Morgan fingerprint density at radius 3 is 1.88 bits per heavy atom. The molecule has 0 unspecified atom stereocenters. The van der Waals surface area contributed by atoms with Crippen LogP contribution >= 0.6 is 7.82 Å². The number of rotatable bonds is 18. The third kappa shape index (κ3) is 43.8. The minimum Gasteiger partial charge on any atom is -0.790 e. The van der Waals surface area contributed by atoms with Crippen molar-refractivity contribution in [1.82, 2.24) is 5.32 Å². The SMILES string of the molecule is CC#CC#CC#CC#CNC(C)=O.CCCCCCCCCCCCC(=O)O[C@@H](COCO)COP(=O)([O-])[O-].[HH].[HH].[HH].[HH].[HH].[HH].[HH].[Na+].[Na+]. The molecule has 0 aliphatic carbocycles. The summed E-state index contributed by atoms with van der Waals surface area (Å²) in [7, 11) is -5.15. The topological polar surface area (TPSA) is 157 Å². The predicted molar refractivity (Wildman–Crippen MR) is 158 cm³/mol. The van der Waals surface area contributed by atoms with Crippen molar-refractivity contribution in [3.63, 3.8) is 0 Å². The molecule has 13 heteroatoms. The van der Waals surface area contributed by atoms with E-state index < -0.39 is 33.3 Å². The van der Waals surface area contributed by atoms with Gasteiger partial charge in [0.1, 0.15) is 12.9 Å². The number of phosphoric ester groups is 1.